The number of halogens is 1. The van der Waals surface area contributed by atoms with Gasteiger partial charge in [0.05, 0.1) is 23.5 Å². The number of hydrogen-bond donors (Lipinski definition) is 3. The fourth-order valence-electron chi connectivity index (χ4n) is 3.05. The lowest BCUT2D eigenvalue weighted by atomic mass is 10.0. The number of amides is 2. The van der Waals surface area contributed by atoms with E-state index in [2.05, 4.69) is 15.4 Å². The van der Waals surface area contributed by atoms with Crippen molar-refractivity contribution in [3.63, 3.8) is 0 Å². The number of thioether (sulfide) groups is 1. The zero-order valence-corrected chi connectivity index (χ0v) is 17.4. The van der Waals surface area contributed by atoms with Crippen molar-refractivity contribution < 1.29 is 22.4 Å². The van der Waals surface area contributed by atoms with E-state index in [4.69, 9.17) is 0 Å². The summed E-state index contributed by atoms with van der Waals surface area (Å²) in [5.41, 5.74) is 1.18. The van der Waals surface area contributed by atoms with E-state index in [1.807, 2.05) is 0 Å². The Morgan fingerprint density at radius 3 is 2.62 bits per heavy atom. The van der Waals surface area contributed by atoms with Gasteiger partial charge in [-0.15, -0.1) is 11.8 Å². The molecule has 29 heavy (non-hydrogen) atoms. The van der Waals surface area contributed by atoms with Crippen molar-refractivity contribution in [2.24, 2.45) is 0 Å². The molecule has 1 atom stereocenters. The van der Waals surface area contributed by atoms with Crippen molar-refractivity contribution in [1.29, 1.82) is 0 Å². The minimum atomic E-state index is -3.63. The molecule has 3 N–H and O–H groups in total. The van der Waals surface area contributed by atoms with Crippen LogP contribution in [-0.4, -0.2) is 32.2 Å². The van der Waals surface area contributed by atoms with Crippen LogP contribution in [0.1, 0.15) is 35.3 Å². The number of benzene rings is 2. The molecular weight excluding hydrogens is 417 g/mol. The number of sulfonamides is 1. The highest BCUT2D eigenvalue weighted by molar-refractivity contribution is 7.99. The quantitative estimate of drug-likeness (QED) is 0.667. The number of nitrogens with one attached hydrogen (secondary N) is 3. The molecule has 2 aromatic carbocycles. The SMILES string of the molecule is CC(=O)Nc1ccc(NS(C)(=O)=O)c(C(=O)NC2CCSc3ccc(F)cc32)c1. The molecule has 0 fully saturated rings. The lowest BCUT2D eigenvalue weighted by molar-refractivity contribution is -0.114. The Balaban J connectivity index is 1.93. The summed E-state index contributed by atoms with van der Waals surface area (Å²) >= 11 is 1.59. The second-order valence-corrected chi connectivity index (χ2v) is 9.55. The number of rotatable bonds is 5. The zero-order valence-electron chi connectivity index (χ0n) is 15.8. The van der Waals surface area contributed by atoms with Crippen LogP contribution < -0.4 is 15.4 Å². The molecule has 1 unspecified atom stereocenters. The molecule has 0 saturated heterocycles. The van der Waals surface area contributed by atoms with Gasteiger partial charge in [0.25, 0.3) is 5.91 Å². The summed E-state index contributed by atoms with van der Waals surface area (Å²) in [6.45, 7) is 1.33. The van der Waals surface area contributed by atoms with Crippen LogP contribution in [0.5, 0.6) is 0 Å². The van der Waals surface area contributed by atoms with E-state index < -0.39 is 27.8 Å². The lowest BCUT2D eigenvalue weighted by Crippen LogP contribution is -2.31. The molecule has 0 aliphatic carbocycles. The Hall–Kier alpha value is -2.59. The molecule has 7 nitrogen and oxygen atoms in total. The van der Waals surface area contributed by atoms with E-state index in [-0.39, 0.29) is 17.2 Å². The maximum Gasteiger partial charge on any atom is 0.253 e. The Morgan fingerprint density at radius 2 is 1.93 bits per heavy atom. The summed E-state index contributed by atoms with van der Waals surface area (Å²) in [6.07, 6.45) is 1.58. The Bertz CT molecular complexity index is 1070. The molecule has 1 heterocycles. The molecule has 1 aliphatic heterocycles. The van der Waals surface area contributed by atoms with Crippen LogP contribution in [0.15, 0.2) is 41.3 Å². The Kier molecular flexibility index (Phi) is 6.13. The maximum atomic E-state index is 13.7. The smallest absolute Gasteiger partial charge is 0.253 e. The maximum absolute atomic E-state index is 13.7. The third kappa shape index (κ3) is 5.48. The van der Waals surface area contributed by atoms with E-state index in [0.29, 0.717) is 17.7 Å². The van der Waals surface area contributed by atoms with Crippen LogP contribution in [0.3, 0.4) is 0 Å². The third-order valence-electron chi connectivity index (χ3n) is 4.20. The number of fused-ring (bicyclic) bond motifs is 1. The highest BCUT2D eigenvalue weighted by Crippen LogP contribution is 2.37. The van der Waals surface area contributed by atoms with Crippen molar-refractivity contribution in [3.05, 3.63) is 53.3 Å². The summed E-state index contributed by atoms with van der Waals surface area (Å²) in [6, 6.07) is 8.34. The van der Waals surface area contributed by atoms with Gasteiger partial charge in [-0.3, -0.25) is 14.3 Å². The standard InChI is InChI=1S/C19H20FN3O4S2/c1-11(24)21-13-4-5-17(23-29(2,26)27)15(10-13)19(25)22-16-7-8-28-18-6-3-12(20)9-14(16)18/h3-6,9-10,16,23H,7-8H2,1-2H3,(H,21,24)(H,22,25). The van der Waals surface area contributed by atoms with Gasteiger partial charge in [-0.05, 0) is 48.4 Å². The Labute approximate surface area is 172 Å². The normalized spacial score (nSPS) is 15.9. The third-order valence-corrected chi connectivity index (χ3v) is 5.91. The van der Waals surface area contributed by atoms with Gasteiger partial charge in [-0.1, -0.05) is 0 Å². The largest absolute Gasteiger partial charge is 0.345 e. The van der Waals surface area contributed by atoms with Gasteiger partial charge in [0.1, 0.15) is 5.82 Å². The van der Waals surface area contributed by atoms with Crippen LogP contribution in [0.4, 0.5) is 15.8 Å². The molecule has 154 valence electrons. The fourth-order valence-corrected chi connectivity index (χ4v) is 4.74. The molecule has 0 bridgehead atoms. The van der Waals surface area contributed by atoms with Crippen LogP contribution in [-0.2, 0) is 14.8 Å². The second kappa shape index (κ2) is 8.42. The molecule has 3 rings (SSSR count). The summed E-state index contributed by atoms with van der Waals surface area (Å²) < 4.78 is 39.4. The zero-order chi connectivity index (χ0) is 21.2. The van der Waals surface area contributed by atoms with Gasteiger partial charge in [-0.25, -0.2) is 12.8 Å². The first-order chi connectivity index (χ1) is 13.6. The molecule has 10 heteroatoms. The summed E-state index contributed by atoms with van der Waals surface area (Å²) in [5, 5.41) is 5.43. The monoisotopic (exact) mass is 437 g/mol. The average Bonchev–Trinajstić information content (AvgIpc) is 2.62. The van der Waals surface area contributed by atoms with Crippen LogP contribution in [0.2, 0.25) is 0 Å². The van der Waals surface area contributed by atoms with Gasteiger partial charge < -0.3 is 10.6 Å². The van der Waals surface area contributed by atoms with Crippen LogP contribution in [0.25, 0.3) is 0 Å². The van der Waals surface area contributed by atoms with E-state index >= 15 is 0 Å². The van der Waals surface area contributed by atoms with Gasteiger partial charge in [0, 0.05) is 23.3 Å². The highest BCUT2D eigenvalue weighted by atomic mass is 32.2. The Morgan fingerprint density at radius 1 is 1.17 bits per heavy atom. The van der Waals surface area contributed by atoms with Crippen molar-refractivity contribution in [2.45, 2.75) is 24.3 Å². The fraction of sp³-hybridized carbons (Fsp3) is 0.263. The minimum Gasteiger partial charge on any atom is -0.345 e. The van der Waals surface area contributed by atoms with Gasteiger partial charge in [0.15, 0.2) is 0 Å². The predicted molar refractivity (Wildman–Crippen MR) is 111 cm³/mol. The summed E-state index contributed by atoms with van der Waals surface area (Å²) in [4.78, 5) is 25.2. The molecular formula is C19H20FN3O4S2. The van der Waals surface area contributed by atoms with Gasteiger partial charge in [-0.2, -0.15) is 0 Å². The van der Waals surface area contributed by atoms with Crippen molar-refractivity contribution >= 4 is 45.0 Å². The summed E-state index contributed by atoms with van der Waals surface area (Å²) in [7, 11) is -3.63. The second-order valence-electron chi connectivity index (χ2n) is 6.66. The average molecular weight is 438 g/mol. The first-order valence-corrected chi connectivity index (χ1v) is 11.6. The first kappa shape index (κ1) is 21.1. The van der Waals surface area contributed by atoms with Gasteiger partial charge >= 0.3 is 0 Å². The molecule has 0 spiro atoms. The highest BCUT2D eigenvalue weighted by Gasteiger charge is 2.25. The predicted octanol–water partition coefficient (Wildman–Crippen LogP) is 3.12. The molecule has 2 aromatic rings. The summed E-state index contributed by atoms with van der Waals surface area (Å²) in [5.74, 6) is -0.494. The van der Waals surface area contributed by atoms with E-state index in [1.165, 1.54) is 37.3 Å². The number of carbonyl (C=O) groups is 2. The van der Waals surface area contributed by atoms with E-state index in [1.54, 1.807) is 17.8 Å². The molecule has 0 radical (unpaired) electrons. The molecule has 0 aromatic heterocycles. The van der Waals surface area contributed by atoms with Crippen molar-refractivity contribution in [3.8, 4) is 0 Å². The van der Waals surface area contributed by atoms with Gasteiger partial charge in [0.2, 0.25) is 15.9 Å². The van der Waals surface area contributed by atoms with Crippen molar-refractivity contribution in [2.75, 3.05) is 22.0 Å². The van der Waals surface area contributed by atoms with Crippen LogP contribution >= 0.6 is 11.8 Å². The van der Waals surface area contributed by atoms with E-state index in [9.17, 15) is 22.4 Å². The lowest BCUT2D eigenvalue weighted by Gasteiger charge is -2.26. The number of carbonyl (C=O) groups excluding carboxylic acids is 2. The molecule has 0 saturated carbocycles. The molecule has 1 aliphatic rings. The number of hydrogen-bond acceptors (Lipinski definition) is 5. The topological polar surface area (TPSA) is 104 Å². The molecule has 2 amide bonds. The first-order valence-electron chi connectivity index (χ1n) is 8.75. The van der Waals surface area contributed by atoms with Crippen LogP contribution in [0, 0.1) is 5.82 Å². The van der Waals surface area contributed by atoms with E-state index in [0.717, 1.165) is 16.9 Å². The minimum absolute atomic E-state index is 0.0536. The number of anilines is 2. The van der Waals surface area contributed by atoms with Crippen molar-refractivity contribution in [1.82, 2.24) is 5.32 Å².